The molecule has 112 valence electrons. The van der Waals surface area contributed by atoms with Gasteiger partial charge in [0.2, 0.25) is 0 Å². The van der Waals surface area contributed by atoms with Gasteiger partial charge in [-0.15, -0.1) is 0 Å². The van der Waals surface area contributed by atoms with Crippen molar-refractivity contribution < 1.29 is 0 Å². The van der Waals surface area contributed by atoms with E-state index in [-0.39, 0.29) is 0 Å². The first-order valence-electron chi connectivity index (χ1n) is 7.89. The molecule has 1 atom stereocenters. The average molecular weight is 339 g/mol. The Labute approximate surface area is 132 Å². The Hall–Kier alpha value is -0.540. The van der Waals surface area contributed by atoms with Crippen LogP contribution in [0, 0.1) is 0 Å². The van der Waals surface area contributed by atoms with Gasteiger partial charge in [-0.3, -0.25) is 0 Å². The van der Waals surface area contributed by atoms with Gasteiger partial charge in [0, 0.05) is 29.3 Å². The van der Waals surface area contributed by atoms with E-state index in [0.717, 1.165) is 12.6 Å². The van der Waals surface area contributed by atoms with Crippen molar-refractivity contribution in [2.45, 2.75) is 58.0 Å². The van der Waals surface area contributed by atoms with Crippen molar-refractivity contribution in [3.05, 3.63) is 28.2 Å². The molecule has 1 aromatic rings. The van der Waals surface area contributed by atoms with Crippen LogP contribution in [0.1, 0.15) is 57.6 Å². The molecule has 1 aromatic carbocycles. The van der Waals surface area contributed by atoms with Gasteiger partial charge >= 0.3 is 0 Å². The molecule has 20 heavy (non-hydrogen) atoms. The smallest absolute Gasteiger partial charge is 0.0377 e. The summed E-state index contributed by atoms with van der Waals surface area (Å²) >= 11 is 3.75. The Morgan fingerprint density at radius 1 is 1.35 bits per heavy atom. The molecule has 1 N–H and O–H groups in total. The number of rotatable bonds is 6. The molecule has 1 saturated carbocycles. The molecule has 1 unspecified atom stereocenters. The van der Waals surface area contributed by atoms with Gasteiger partial charge in [-0.1, -0.05) is 41.8 Å². The van der Waals surface area contributed by atoms with Crippen molar-refractivity contribution in [3.63, 3.8) is 0 Å². The summed E-state index contributed by atoms with van der Waals surface area (Å²) in [7, 11) is 2.23. The summed E-state index contributed by atoms with van der Waals surface area (Å²) in [6, 6.07) is 7.93. The van der Waals surface area contributed by atoms with Crippen LogP contribution in [-0.4, -0.2) is 19.6 Å². The monoisotopic (exact) mass is 338 g/mol. The fourth-order valence-electron chi connectivity index (χ4n) is 3.06. The molecule has 0 aromatic heterocycles. The van der Waals surface area contributed by atoms with Crippen LogP contribution in [0.5, 0.6) is 0 Å². The van der Waals surface area contributed by atoms with Crippen LogP contribution in [0.15, 0.2) is 22.7 Å². The molecule has 1 aliphatic rings. The first-order valence-corrected chi connectivity index (χ1v) is 8.68. The fourth-order valence-corrected chi connectivity index (χ4v) is 3.77. The molecule has 0 bridgehead atoms. The first kappa shape index (κ1) is 15.8. The minimum absolute atomic E-state index is 0.398. The Balaban J connectivity index is 2.08. The second-order valence-electron chi connectivity index (χ2n) is 5.93. The predicted molar refractivity (Wildman–Crippen MR) is 91.5 cm³/mol. The van der Waals surface area contributed by atoms with Crippen LogP contribution < -0.4 is 10.2 Å². The SMILES string of the molecule is CCCNC(C)c1ccc(N(C)C2CCCC2)cc1Br. The lowest BCUT2D eigenvalue weighted by Gasteiger charge is -2.27. The molecule has 0 heterocycles. The largest absolute Gasteiger partial charge is 0.372 e. The molecule has 1 fully saturated rings. The molecular weight excluding hydrogens is 312 g/mol. The third kappa shape index (κ3) is 3.76. The van der Waals surface area contributed by atoms with Gasteiger partial charge in [0.05, 0.1) is 0 Å². The molecule has 0 spiro atoms. The lowest BCUT2D eigenvalue weighted by Crippen LogP contribution is -2.28. The normalized spacial score (nSPS) is 17.4. The zero-order valence-electron chi connectivity index (χ0n) is 13.0. The van der Waals surface area contributed by atoms with Gasteiger partial charge in [-0.05, 0) is 50.4 Å². The van der Waals surface area contributed by atoms with Crippen molar-refractivity contribution in [2.24, 2.45) is 0 Å². The second-order valence-corrected chi connectivity index (χ2v) is 6.79. The molecule has 0 amide bonds. The van der Waals surface area contributed by atoms with E-state index < -0.39 is 0 Å². The average Bonchev–Trinajstić information content (AvgIpc) is 2.98. The summed E-state index contributed by atoms with van der Waals surface area (Å²) in [4.78, 5) is 2.45. The van der Waals surface area contributed by atoms with E-state index >= 15 is 0 Å². The number of hydrogen-bond acceptors (Lipinski definition) is 2. The standard InChI is InChI=1S/C17H27BrN2/c1-4-11-19-13(2)16-10-9-15(12-17(16)18)20(3)14-7-5-6-8-14/h9-10,12-14,19H,4-8,11H2,1-3H3. The van der Waals surface area contributed by atoms with Crippen molar-refractivity contribution in [2.75, 3.05) is 18.5 Å². The summed E-state index contributed by atoms with van der Waals surface area (Å²) in [6.07, 6.45) is 6.61. The molecule has 0 saturated heterocycles. The summed E-state index contributed by atoms with van der Waals surface area (Å²) < 4.78 is 1.22. The van der Waals surface area contributed by atoms with Gasteiger partial charge in [0.1, 0.15) is 0 Å². The molecule has 2 rings (SSSR count). The zero-order valence-corrected chi connectivity index (χ0v) is 14.5. The number of nitrogens with one attached hydrogen (secondary N) is 1. The van der Waals surface area contributed by atoms with Gasteiger partial charge in [-0.25, -0.2) is 0 Å². The Bertz CT molecular complexity index is 427. The van der Waals surface area contributed by atoms with Crippen molar-refractivity contribution in [1.82, 2.24) is 5.32 Å². The highest BCUT2D eigenvalue weighted by atomic mass is 79.9. The van der Waals surface area contributed by atoms with Crippen LogP contribution in [-0.2, 0) is 0 Å². The summed E-state index contributed by atoms with van der Waals surface area (Å²) in [5.41, 5.74) is 2.68. The van der Waals surface area contributed by atoms with E-state index in [1.54, 1.807) is 0 Å². The van der Waals surface area contributed by atoms with E-state index in [1.807, 2.05) is 0 Å². The maximum absolute atomic E-state index is 3.75. The highest BCUT2D eigenvalue weighted by Gasteiger charge is 2.20. The van der Waals surface area contributed by atoms with Crippen molar-refractivity contribution >= 4 is 21.6 Å². The summed E-state index contributed by atoms with van der Waals surface area (Å²) in [5.74, 6) is 0. The first-order chi connectivity index (χ1) is 9.63. The Kier molecular flexibility index (Phi) is 5.91. The summed E-state index contributed by atoms with van der Waals surface area (Å²) in [6.45, 7) is 5.50. The van der Waals surface area contributed by atoms with Gasteiger partial charge < -0.3 is 10.2 Å². The number of benzene rings is 1. The van der Waals surface area contributed by atoms with E-state index in [1.165, 1.54) is 47.8 Å². The molecular formula is C17H27BrN2. The second kappa shape index (κ2) is 7.46. The zero-order chi connectivity index (χ0) is 14.5. The number of halogens is 1. The lowest BCUT2D eigenvalue weighted by molar-refractivity contribution is 0.569. The predicted octanol–water partition coefficient (Wildman–Crippen LogP) is 4.89. The van der Waals surface area contributed by atoms with Crippen LogP contribution in [0.25, 0.3) is 0 Å². The van der Waals surface area contributed by atoms with Gasteiger partial charge in [0.15, 0.2) is 0 Å². The number of anilines is 1. The maximum Gasteiger partial charge on any atom is 0.0377 e. The van der Waals surface area contributed by atoms with Crippen molar-refractivity contribution in [3.8, 4) is 0 Å². The van der Waals surface area contributed by atoms with E-state index in [2.05, 4.69) is 65.2 Å². The van der Waals surface area contributed by atoms with Crippen LogP contribution >= 0.6 is 15.9 Å². The lowest BCUT2D eigenvalue weighted by atomic mass is 10.1. The third-order valence-electron chi connectivity index (χ3n) is 4.43. The maximum atomic E-state index is 3.75. The quantitative estimate of drug-likeness (QED) is 0.794. The van der Waals surface area contributed by atoms with E-state index in [9.17, 15) is 0 Å². The Morgan fingerprint density at radius 3 is 2.65 bits per heavy atom. The topological polar surface area (TPSA) is 15.3 Å². The third-order valence-corrected chi connectivity index (χ3v) is 5.12. The Morgan fingerprint density at radius 2 is 2.05 bits per heavy atom. The van der Waals surface area contributed by atoms with Crippen molar-refractivity contribution in [1.29, 1.82) is 0 Å². The highest BCUT2D eigenvalue weighted by molar-refractivity contribution is 9.10. The van der Waals surface area contributed by atoms with Crippen LogP contribution in [0.3, 0.4) is 0 Å². The van der Waals surface area contributed by atoms with Gasteiger partial charge in [-0.2, -0.15) is 0 Å². The minimum Gasteiger partial charge on any atom is -0.372 e. The fraction of sp³-hybridized carbons (Fsp3) is 0.647. The van der Waals surface area contributed by atoms with E-state index in [0.29, 0.717) is 6.04 Å². The molecule has 2 nitrogen and oxygen atoms in total. The molecule has 3 heteroatoms. The summed E-state index contributed by atoms with van der Waals surface area (Å²) in [5, 5.41) is 3.55. The number of hydrogen-bond donors (Lipinski definition) is 1. The highest BCUT2D eigenvalue weighted by Crippen LogP contribution is 2.31. The minimum atomic E-state index is 0.398. The number of nitrogens with zero attached hydrogens (tertiary/aromatic N) is 1. The molecule has 0 radical (unpaired) electrons. The van der Waals surface area contributed by atoms with E-state index in [4.69, 9.17) is 0 Å². The van der Waals surface area contributed by atoms with Crippen LogP contribution in [0.2, 0.25) is 0 Å². The molecule has 0 aliphatic heterocycles. The molecule has 1 aliphatic carbocycles. The van der Waals surface area contributed by atoms with Crippen LogP contribution in [0.4, 0.5) is 5.69 Å². The van der Waals surface area contributed by atoms with Gasteiger partial charge in [0.25, 0.3) is 0 Å².